The number of carbonyl (C=O) groups excluding carboxylic acids is 1. The number of rotatable bonds is 6. The molecule has 0 saturated heterocycles. The molecule has 3 aromatic rings. The van der Waals surface area contributed by atoms with E-state index in [0.29, 0.717) is 27.3 Å². The summed E-state index contributed by atoms with van der Waals surface area (Å²) in [6, 6.07) is 15.0. The lowest BCUT2D eigenvalue weighted by atomic mass is 9.87. The molecular formula is C23H22ClN3O3S. The second kappa shape index (κ2) is 9.16. The van der Waals surface area contributed by atoms with Gasteiger partial charge in [0.05, 0.1) is 11.7 Å². The van der Waals surface area contributed by atoms with Crippen LogP contribution in [0.5, 0.6) is 5.75 Å². The number of carbonyl (C=O) groups is 1. The summed E-state index contributed by atoms with van der Waals surface area (Å²) < 4.78 is 5.69. The van der Waals surface area contributed by atoms with E-state index in [1.165, 1.54) is 11.8 Å². The van der Waals surface area contributed by atoms with Crippen LogP contribution in [0.15, 0.2) is 58.5 Å². The highest BCUT2D eigenvalue weighted by molar-refractivity contribution is 7.98. The molecule has 6 nitrogen and oxygen atoms in total. The molecule has 160 valence electrons. The lowest BCUT2D eigenvalue weighted by Gasteiger charge is -2.24. The maximum atomic E-state index is 12.9. The first-order valence-electron chi connectivity index (χ1n) is 9.97. The predicted octanol–water partition coefficient (Wildman–Crippen LogP) is 4.98. The largest absolute Gasteiger partial charge is 0.491 e. The van der Waals surface area contributed by atoms with E-state index >= 15 is 0 Å². The van der Waals surface area contributed by atoms with Gasteiger partial charge in [0.25, 0.3) is 5.56 Å². The number of fused-ring (bicyclic) bond motifs is 1. The van der Waals surface area contributed by atoms with Gasteiger partial charge >= 0.3 is 0 Å². The van der Waals surface area contributed by atoms with E-state index in [9.17, 15) is 9.59 Å². The number of nitrogens with one attached hydrogen (secondary N) is 2. The van der Waals surface area contributed by atoms with Gasteiger partial charge < -0.3 is 15.0 Å². The summed E-state index contributed by atoms with van der Waals surface area (Å²) in [7, 11) is 0. The van der Waals surface area contributed by atoms with E-state index < -0.39 is 0 Å². The van der Waals surface area contributed by atoms with Gasteiger partial charge in [-0.1, -0.05) is 47.6 Å². The third-order valence-corrected chi connectivity index (χ3v) is 6.03. The van der Waals surface area contributed by atoms with E-state index in [0.717, 1.165) is 16.9 Å². The smallest absolute Gasteiger partial charge is 0.257 e. The topological polar surface area (TPSA) is 84.1 Å². The van der Waals surface area contributed by atoms with Crippen molar-refractivity contribution in [1.82, 2.24) is 9.97 Å². The van der Waals surface area contributed by atoms with Crippen LogP contribution in [0.1, 0.15) is 42.9 Å². The summed E-state index contributed by atoms with van der Waals surface area (Å²) in [5.41, 5.74) is 2.12. The molecule has 1 aliphatic heterocycles. The monoisotopic (exact) mass is 455 g/mol. The maximum Gasteiger partial charge on any atom is 0.257 e. The Bertz CT molecular complexity index is 1160. The van der Waals surface area contributed by atoms with Crippen LogP contribution in [0.2, 0.25) is 5.02 Å². The summed E-state index contributed by atoms with van der Waals surface area (Å²) in [6.45, 7) is 3.92. The molecule has 0 bridgehead atoms. The van der Waals surface area contributed by atoms with Crippen molar-refractivity contribution in [3.63, 3.8) is 0 Å². The number of thioether (sulfide) groups is 1. The van der Waals surface area contributed by atoms with E-state index in [2.05, 4.69) is 15.3 Å². The first kappa shape index (κ1) is 21.5. The van der Waals surface area contributed by atoms with Crippen LogP contribution < -0.4 is 15.6 Å². The van der Waals surface area contributed by atoms with Crippen molar-refractivity contribution in [2.24, 2.45) is 0 Å². The van der Waals surface area contributed by atoms with Gasteiger partial charge in [-0.05, 0) is 49.2 Å². The highest BCUT2D eigenvalue weighted by Crippen LogP contribution is 2.35. The molecule has 1 aliphatic rings. The van der Waals surface area contributed by atoms with E-state index in [-0.39, 0.29) is 29.9 Å². The van der Waals surface area contributed by atoms with Crippen LogP contribution in [-0.4, -0.2) is 22.0 Å². The second-order valence-electron chi connectivity index (χ2n) is 7.59. The van der Waals surface area contributed by atoms with Crippen LogP contribution in [0.25, 0.3) is 0 Å². The molecule has 4 rings (SSSR count). The Morgan fingerprint density at radius 1 is 1.19 bits per heavy atom. The maximum absolute atomic E-state index is 12.9. The Labute approximate surface area is 189 Å². The summed E-state index contributed by atoms with van der Waals surface area (Å²) in [4.78, 5) is 32.7. The van der Waals surface area contributed by atoms with Gasteiger partial charge in [-0.25, -0.2) is 4.98 Å². The molecule has 0 fully saturated rings. The molecule has 2 heterocycles. The van der Waals surface area contributed by atoms with Crippen molar-refractivity contribution in [2.75, 3.05) is 5.32 Å². The third kappa shape index (κ3) is 5.11. The van der Waals surface area contributed by atoms with Crippen LogP contribution in [0.3, 0.4) is 0 Å². The summed E-state index contributed by atoms with van der Waals surface area (Å²) in [6.07, 6.45) is 0.263. The number of ether oxygens (including phenoxy) is 1. The fraction of sp³-hybridized carbons (Fsp3) is 0.261. The molecule has 1 aromatic heterocycles. The minimum absolute atomic E-state index is 0.0712. The first-order chi connectivity index (χ1) is 14.9. The predicted molar refractivity (Wildman–Crippen MR) is 123 cm³/mol. The Balaban J connectivity index is 1.60. The number of aromatic nitrogens is 2. The molecule has 8 heteroatoms. The molecular weight excluding hydrogens is 434 g/mol. The van der Waals surface area contributed by atoms with Crippen LogP contribution in [0.4, 0.5) is 5.82 Å². The Morgan fingerprint density at radius 2 is 1.97 bits per heavy atom. The SMILES string of the molecule is CC(C)Oc1ccc(C2CC(=O)Nc3nc(SCc4cccc(Cl)c4)[nH]c(=O)c32)cc1. The lowest BCUT2D eigenvalue weighted by molar-refractivity contribution is -0.116. The average Bonchev–Trinajstić information content (AvgIpc) is 2.71. The van der Waals surface area contributed by atoms with Gasteiger partial charge in [-0.3, -0.25) is 9.59 Å². The number of H-pyrrole nitrogens is 1. The van der Waals surface area contributed by atoms with Gasteiger partial charge in [0.1, 0.15) is 11.6 Å². The molecule has 0 radical (unpaired) electrons. The second-order valence-corrected chi connectivity index (χ2v) is 8.99. The van der Waals surface area contributed by atoms with Gasteiger partial charge in [0.2, 0.25) is 5.91 Å². The number of hydrogen-bond donors (Lipinski definition) is 2. The minimum atomic E-state index is -0.361. The summed E-state index contributed by atoms with van der Waals surface area (Å²) in [5, 5.41) is 3.86. The Kier molecular flexibility index (Phi) is 6.34. The zero-order valence-corrected chi connectivity index (χ0v) is 18.7. The molecule has 31 heavy (non-hydrogen) atoms. The highest BCUT2D eigenvalue weighted by atomic mass is 35.5. The number of nitrogens with zero attached hydrogens (tertiary/aromatic N) is 1. The van der Waals surface area contributed by atoms with Crippen molar-refractivity contribution < 1.29 is 9.53 Å². The molecule has 0 saturated carbocycles. The van der Waals surface area contributed by atoms with E-state index in [1.807, 2.05) is 62.4 Å². The summed E-state index contributed by atoms with van der Waals surface area (Å²) >= 11 is 7.42. The number of halogens is 1. The fourth-order valence-corrected chi connectivity index (χ4v) is 4.55. The van der Waals surface area contributed by atoms with Crippen molar-refractivity contribution in [3.8, 4) is 5.75 Å². The van der Waals surface area contributed by atoms with Crippen molar-refractivity contribution in [1.29, 1.82) is 0 Å². The fourth-order valence-electron chi connectivity index (χ4n) is 3.53. The summed E-state index contributed by atoms with van der Waals surface area (Å²) in [5.74, 6) is 1.14. The minimum Gasteiger partial charge on any atom is -0.491 e. The van der Waals surface area contributed by atoms with Crippen LogP contribution in [-0.2, 0) is 10.5 Å². The zero-order valence-electron chi connectivity index (χ0n) is 17.1. The highest BCUT2D eigenvalue weighted by Gasteiger charge is 2.31. The van der Waals surface area contributed by atoms with E-state index in [1.54, 1.807) is 0 Å². The van der Waals surface area contributed by atoms with Crippen LogP contribution >= 0.6 is 23.4 Å². The van der Waals surface area contributed by atoms with Gasteiger partial charge in [0, 0.05) is 23.1 Å². The number of hydrogen-bond acceptors (Lipinski definition) is 5. The van der Waals surface area contributed by atoms with Gasteiger partial charge in [-0.2, -0.15) is 0 Å². The van der Waals surface area contributed by atoms with Crippen molar-refractivity contribution >= 4 is 35.1 Å². The average molecular weight is 456 g/mol. The Morgan fingerprint density at radius 3 is 2.68 bits per heavy atom. The first-order valence-corrected chi connectivity index (χ1v) is 11.3. The van der Waals surface area contributed by atoms with Gasteiger partial charge in [-0.15, -0.1) is 0 Å². The molecule has 0 spiro atoms. The standard InChI is InChI=1S/C23H22ClN3O3S/c1-13(2)30-17-8-6-15(7-9-17)18-11-19(28)25-21-20(18)22(29)27-23(26-21)31-12-14-4-3-5-16(24)10-14/h3-10,13,18H,11-12H2,1-2H3,(H2,25,26,27,28,29). The molecule has 2 aromatic carbocycles. The molecule has 1 amide bonds. The molecule has 2 N–H and O–H groups in total. The normalized spacial score (nSPS) is 15.5. The number of aromatic amines is 1. The molecule has 0 aliphatic carbocycles. The molecule has 1 unspecified atom stereocenters. The number of amides is 1. The van der Waals surface area contributed by atoms with Crippen LogP contribution in [0, 0.1) is 0 Å². The van der Waals surface area contributed by atoms with E-state index in [4.69, 9.17) is 16.3 Å². The molecule has 1 atom stereocenters. The zero-order chi connectivity index (χ0) is 22.0. The van der Waals surface area contributed by atoms with Crippen molar-refractivity contribution in [3.05, 3.63) is 80.6 Å². The quantitative estimate of drug-likeness (QED) is 0.404. The lowest BCUT2D eigenvalue weighted by Crippen LogP contribution is -2.31. The number of benzene rings is 2. The van der Waals surface area contributed by atoms with Gasteiger partial charge in [0.15, 0.2) is 5.16 Å². The number of anilines is 1. The Hall–Kier alpha value is -2.77. The third-order valence-electron chi connectivity index (χ3n) is 4.85. The van der Waals surface area contributed by atoms with Crippen molar-refractivity contribution in [2.45, 2.75) is 43.2 Å².